The zero-order valence-corrected chi connectivity index (χ0v) is 12.8. The maximum Gasteiger partial charge on any atom is 0.122 e. The first-order chi connectivity index (χ1) is 10.7. The van der Waals surface area contributed by atoms with Gasteiger partial charge in [-0.15, -0.1) is 0 Å². The van der Waals surface area contributed by atoms with E-state index in [9.17, 15) is 5.11 Å². The zero-order valence-electron chi connectivity index (χ0n) is 12.8. The van der Waals surface area contributed by atoms with Crippen LogP contribution in [0, 0.1) is 6.92 Å². The van der Waals surface area contributed by atoms with Crippen LogP contribution >= 0.6 is 0 Å². The summed E-state index contributed by atoms with van der Waals surface area (Å²) in [5, 5.41) is 12.7. The van der Waals surface area contributed by atoms with Crippen LogP contribution in [0.25, 0.3) is 21.9 Å². The van der Waals surface area contributed by atoms with Crippen molar-refractivity contribution in [3.63, 3.8) is 0 Å². The largest absolute Gasteiger partial charge is 0.508 e. The lowest BCUT2D eigenvalue weighted by molar-refractivity contribution is 0.412. The number of ether oxygens (including phenoxy) is 1. The van der Waals surface area contributed by atoms with E-state index in [2.05, 4.69) is 37.3 Å². The summed E-state index contributed by atoms with van der Waals surface area (Å²) >= 11 is 0. The van der Waals surface area contributed by atoms with Crippen LogP contribution in [0.2, 0.25) is 0 Å². The molecule has 1 aliphatic rings. The van der Waals surface area contributed by atoms with Crippen molar-refractivity contribution in [1.82, 2.24) is 0 Å². The van der Waals surface area contributed by atoms with Gasteiger partial charge in [0, 0.05) is 5.56 Å². The van der Waals surface area contributed by atoms with Crippen molar-refractivity contribution in [2.75, 3.05) is 7.11 Å². The number of hydrogen-bond acceptors (Lipinski definition) is 2. The normalized spacial score (nSPS) is 12.8. The number of benzene rings is 3. The highest BCUT2D eigenvalue weighted by molar-refractivity contribution is 6.02. The lowest BCUT2D eigenvalue weighted by Crippen LogP contribution is -2.05. The SMILES string of the molecule is COc1cc2cc(O)c3c(c2cc1C)-c1ccccc1CC3. The molecule has 4 rings (SSSR count). The molecule has 3 aromatic carbocycles. The van der Waals surface area contributed by atoms with Gasteiger partial charge in [0.25, 0.3) is 0 Å². The Morgan fingerprint density at radius 1 is 1.05 bits per heavy atom. The third-order valence-corrected chi connectivity index (χ3v) is 4.67. The smallest absolute Gasteiger partial charge is 0.122 e. The number of phenolic OH excluding ortho intramolecular Hbond substituents is 1. The summed E-state index contributed by atoms with van der Waals surface area (Å²) in [5.74, 6) is 1.25. The molecule has 0 unspecified atom stereocenters. The van der Waals surface area contributed by atoms with Crippen molar-refractivity contribution < 1.29 is 9.84 Å². The molecule has 0 amide bonds. The van der Waals surface area contributed by atoms with Gasteiger partial charge in [-0.2, -0.15) is 0 Å². The topological polar surface area (TPSA) is 29.5 Å². The van der Waals surface area contributed by atoms with Crippen LogP contribution in [-0.2, 0) is 12.8 Å². The van der Waals surface area contributed by atoms with E-state index in [1.807, 2.05) is 12.1 Å². The first-order valence-corrected chi connectivity index (χ1v) is 7.60. The molecule has 0 saturated carbocycles. The first kappa shape index (κ1) is 13.2. The molecule has 0 atom stereocenters. The molecule has 1 N–H and O–H groups in total. The van der Waals surface area contributed by atoms with Gasteiger partial charge < -0.3 is 9.84 Å². The van der Waals surface area contributed by atoms with Crippen molar-refractivity contribution in [2.45, 2.75) is 19.8 Å². The van der Waals surface area contributed by atoms with Gasteiger partial charge in [0.2, 0.25) is 0 Å². The Balaban J connectivity index is 2.14. The highest BCUT2D eigenvalue weighted by Crippen LogP contribution is 2.44. The van der Waals surface area contributed by atoms with Gasteiger partial charge in [-0.3, -0.25) is 0 Å². The Labute approximate surface area is 130 Å². The predicted octanol–water partition coefficient (Wildman–Crippen LogP) is 4.63. The van der Waals surface area contributed by atoms with Gasteiger partial charge in [0.05, 0.1) is 7.11 Å². The average molecular weight is 290 g/mol. The Morgan fingerprint density at radius 3 is 2.68 bits per heavy atom. The molecular formula is C20H18O2. The van der Waals surface area contributed by atoms with E-state index >= 15 is 0 Å². The van der Waals surface area contributed by atoms with Gasteiger partial charge in [0.1, 0.15) is 11.5 Å². The number of hydrogen-bond donors (Lipinski definition) is 1. The van der Waals surface area contributed by atoms with Gasteiger partial charge in [-0.05, 0) is 71.0 Å². The molecule has 0 bridgehead atoms. The van der Waals surface area contributed by atoms with Gasteiger partial charge in [-0.25, -0.2) is 0 Å². The fraction of sp³-hybridized carbons (Fsp3) is 0.200. The number of phenols is 1. The third-order valence-electron chi connectivity index (χ3n) is 4.67. The van der Waals surface area contributed by atoms with Crippen molar-refractivity contribution in [1.29, 1.82) is 0 Å². The van der Waals surface area contributed by atoms with Crippen molar-refractivity contribution in [3.05, 3.63) is 59.2 Å². The highest BCUT2D eigenvalue weighted by atomic mass is 16.5. The highest BCUT2D eigenvalue weighted by Gasteiger charge is 2.22. The van der Waals surface area contributed by atoms with Crippen LogP contribution in [0.4, 0.5) is 0 Å². The van der Waals surface area contributed by atoms with E-state index in [0.717, 1.165) is 35.1 Å². The lowest BCUT2D eigenvalue weighted by atomic mass is 9.82. The first-order valence-electron chi connectivity index (χ1n) is 7.60. The summed E-state index contributed by atoms with van der Waals surface area (Å²) in [7, 11) is 1.68. The van der Waals surface area contributed by atoms with Gasteiger partial charge >= 0.3 is 0 Å². The minimum atomic E-state index is 0.392. The number of aromatic hydroxyl groups is 1. The molecule has 2 heteroatoms. The number of methoxy groups -OCH3 is 1. The standard InChI is InChI=1S/C20H18O2/c1-12-9-17-14(11-19(12)22-2)10-18(21)16-8-7-13-5-3-4-6-15(13)20(16)17/h3-6,9-11,21H,7-8H2,1-2H3. The Morgan fingerprint density at radius 2 is 1.86 bits per heavy atom. The van der Waals surface area contributed by atoms with E-state index in [1.54, 1.807) is 7.11 Å². The molecule has 0 saturated heterocycles. The van der Waals surface area contributed by atoms with E-state index in [4.69, 9.17) is 4.74 Å². The summed E-state index contributed by atoms with van der Waals surface area (Å²) in [6.45, 7) is 2.06. The molecular weight excluding hydrogens is 272 g/mol. The molecule has 3 aromatic rings. The molecule has 22 heavy (non-hydrogen) atoms. The Bertz CT molecular complexity index is 894. The molecule has 2 nitrogen and oxygen atoms in total. The van der Waals surface area contributed by atoms with Gasteiger partial charge in [-0.1, -0.05) is 24.3 Å². The van der Waals surface area contributed by atoms with E-state index in [0.29, 0.717) is 5.75 Å². The van der Waals surface area contributed by atoms with Crippen LogP contribution < -0.4 is 4.74 Å². The number of fused-ring (bicyclic) bond motifs is 5. The molecule has 0 fully saturated rings. The molecule has 1 aliphatic carbocycles. The fourth-order valence-electron chi connectivity index (χ4n) is 3.59. The maximum atomic E-state index is 10.5. The minimum absolute atomic E-state index is 0.392. The molecule has 0 aliphatic heterocycles. The van der Waals surface area contributed by atoms with Crippen LogP contribution in [0.1, 0.15) is 16.7 Å². The summed E-state index contributed by atoms with van der Waals surface area (Å²) < 4.78 is 5.42. The Kier molecular flexibility index (Phi) is 2.86. The van der Waals surface area contributed by atoms with Crippen LogP contribution in [-0.4, -0.2) is 12.2 Å². The predicted molar refractivity (Wildman–Crippen MR) is 89.7 cm³/mol. The quantitative estimate of drug-likeness (QED) is 0.708. The summed E-state index contributed by atoms with van der Waals surface area (Å²) in [4.78, 5) is 0. The number of rotatable bonds is 1. The summed E-state index contributed by atoms with van der Waals surface area (Å²) in [6, 6.07) is 14.6. The fourth-order valence-corrected chi connectivity index (χ4v) is 3.59. The Hall–Kier alpha value is -2.48. The van der Waals surface area contributed by atoms with Crippen molar-refractivity contribution >= 4 is 10.8 Å². The second-order valence-corrected chi connectivity index (χ2v) is 5.95. The minimum Gasteiger partial charge on any atom is -0.508 e. The summed E-state index contributed by atoms with van der Waals surface area (Å²) in [6.07, 6.45) is 1.87. The monoisotopic (exact) mass is 290 g/mol. The van der Waals surface area contributed by atoms with Crippen LogP contribution in [0.15, 0.2) is 42.5 Å². The second-order valence-electron chi connectivity index (χ2n) is 5.95. The average Bonchev–Trinajstić information content (AvgIpc) is 2.54. The van der Waals surface area contributed by atoms with Crippen molar-refractivity contribution in [3.8, 4) is 22.6 Å². The molecule has 0 aromatic heterocycles. The molecule has 0 spiro atoms. The third kappa shape index (κ3) is 1.80. The molecule has 0 radical (unpaired) electrons. The van der Waals surface area contributed by atoms with E-state index in [1.165, 1.54) is 22.1 Å². The maximum absolute atomic E-state index is 10.5. The van der Waals surface area contributed by atoms with Crippen LogP contribution in [0.3, 0.4) is 0 Å². The zero-order chi connectivity index (χ0) is 15.3. The molecule has 0 heterocycles. The van der Waals surface area contributed by atoms with E-state index in [-0.39, 0.29) is 0 Å². The molecule has 110 valence electrons. The lowest BCUT2D eigenvalue weighted by Gasteiger charge is -2.23. The van der Waals surface area contributed by atoms with Gasteiger partial charge in [0.15, 0.2) is 0 Å². The summed E-state index contributed by atoms with van der Waals surface area (Å²) in [5.41, 5.74) is 5.97. The van der Waals surface area contributed by atoms with Crippen molar-refractivity contribution in [2.24, 2.45) is 0 Å². The number of aryl methyl sites for hydroxylation is 2. The van der Waals surface area contributed by atoms with Crippen LogP contribution in [0.5, 0.6) is 11.5 Å². The van der Waals surface area contributed by atoms with E-state index < -0.39 is 0 Å². The second kappa shape index (κ2) is 4.77.